The number of halogens is 1. The summed E-state index contributed by atoms with van der Waals surface area (Å²) in [5.41, 5.74) is 6.61. The third kappa shape index (κ3) is 5.87. The number of hydrogen-bond acceptors (Lipinski definition) is 8. The smallest absolute Gasteiger partial charge is 0.231 e. The van der Waals surface area contributed by atoms with E-state index in [1.807, 2.05) is 11.0 Å². The summed E-state index contributed by atoms with van der Waals surface area (Å²) < 4.78 is 15.0. The number of carbonyl (C=O) groups is 1. The Hall–Kier alpha value is -3.29. The largest absolute Gasteiger partial charge is 0.391 e. The van der Waals surface area contributed by atoms with Crippen molar-refractivity contribution < 1.29 is 14.3 Å². The van der Waals surface area contributed by atoms with E-state index in [2.05, 4.69) is 21.4 Å². The van der Waals surface area contributed by atoms with E-state index >= 15 is 4.39 Å². The number of hydrogen-bond donors (Lipinski definition) is 3. The van der Waals surface area contributed by atoms with Crippen LogP contribution < -0.4 is 16.0 Å². The van der Waals surface area contributed by atoms with Crippen LogP contribution in [0, 0.1) is 23.1 Å². The van der Waals surface area contributed by atoms with Crippen LogP contribution in [-0.4, -0.2) is 65.2 Å². The third-order valence-corrected chi connectivity index (χ3v) is 5.33. The van der Waals surface area contributed by atoms with Crippen LogP contribution in [0.1, 0.15) is 17.5 Å². The highest BCUT2D eigenvalue weighted by molar-refractivity contribution is 5.75. The molecular weight excluding hydrogens is 401 g/mol. The lowest BCUT2D eigenvalue weighted by Gasteiger charge is -2.35. The molecule has 0 spiro atoms. The highest BCUT2D eigenvalue weighted by Gasteiger charge is 2.28. The average molecular weight is 427 g/mol. The number of benzene rings is 1. The molecule has 0 unspecified atom stereocenters. The summed E-state index contributed by atoms with van der Waals surface area (Å²) in [6.07, 6.45) is 1.28. The van der Waals surface area contributed by atoms with Crippen LogP contribution in [-0.2, 0) is 11.3 Å². The molecule has 1 aromatic carbocycles. The number of carbonyl (C=O) groups excluding carboxylic acids is 1. The van der Waals surface area contributed by atoms with E-state index in [1.165, 1.54) is 6.33 Å². The topological polar surface area (TPSA) is 131 Å². The molecule has 0 radical (unpaired) electrons. The molecule has 4 N–H and O–H groups in total. The Morgan fingerprint density at radius 3 is 3.00 bits per heavy atom. The van der Waals surface area contributed by atoms with E-state index in [1.54, 1.807) is 30.1 Å². The molecule has 1 aromatic heterocycles. The lowest BCUT2D eigenvalue weighted by Crippen LogP contribution is -2.48. The number of nitrogens with zero attached hydrogens (tertiary/aromatic N) is 5. The SMILES string of the molecule is CN(Cc1cccc(C#N)c1)c1ncnc(NC[C@H]2CCN(CC(N)=O)C[C@@H]2O)c1F. The normalized spacial score (nSPS) is 18.9. The molecule has 2 atom stereocenters. The Morgan fingerprint density at radius 1 is 1.48 bits per heavy atom. The summed E-state index contributed by atoms with van der Waals surface area (Å²) in [5, 5.41) is 22.4. The number of nitrogens with two attached hydrogens (primary N) is 1. The minimum Gasteiger partial charge on any atom is -0.391 e. The molecule has 9 nitrogen and oxygen atoms in total. The highest BCUT2D eigenvalue weighted by atomic mass is 19.1. The molecule has 1 saturated heterocycles. The molecule has 2 heterocycles. The summed E-state index contributed by atoms with van der Waals surface area (Å²) in [5.74, 6) is -0.913. The Kier molecular flexibility index (Phi) is 7.33. The number of aromatic nitrogens is 2. The van der Waals surface area contributed by atoms with E-state index < -0.39 is 17.8 Å². The van der Waals surface area contributed by atoms with Gasteiger partial charge < -0.3 is 21.1 Å². The molecule has 1 fully saturated rings. The van der Waals surface area contributed by atoms with Crippen molar-refractivity contribution in [2.75, 3.05) is 43.4 Å². The van der Waals surface area contributed by atoms with Crippen molar-refractivity contribution >= 4 is 17.5 Å². The summed E-state index contributed by atoms with van der Waals surface area (Å²) in [7, 11) is 1.71. The first-order chi connectivity index (χ1) is 14.9. The quantitative estimate of drug-likeness (QED) is 0.561. The predicted molar refractivity (Wildman–Crippen MR) is 113 cm³/mol. The number of primary amides is 1. The molecule has 1 aliphatic heterocycles. The minimum atomic E-state index is -0.653. The first-order valence-electron chi connectivity index (χ1n) is 10.0. The van der Waals surface area contributed by atoms with Crippen LogP contribution in [0.5, 0.6) is 0 Å². The Balaban J connectivity index is 1.61. The molecule has 10 heteroatoms. The van der Waals surface area contributed by atoms with Gasteiger partial charge in [-0.25, -0.2) is 9.97 Å². The standard InChI is InChI=1S/C21H26FN7O2/c1-28(10-15-4-2-3-14(7-15)8-23)21-19(22)20(26-13-27-21)25-9-16-5-6-29(11-17(16)30)12-18(24)31/h2-4,7,13,16-17,30H,5-6,9-12H2,1H3,(H2,24,31)(H,25,26,27)/t16-,17+/m1/s1. The van der Waals surface area contributed by atoms with Crippen LogP contribution in [0.2, 0.25) is 0 Å². The molecule has 0 saturated carbocycles. The number of rotatable bonds is 8. The van der Waals surface area contributed by atoms with Gasteiger partial charge in [0.1, 0.15) is 6.33 Å². The van der Waals surface area contributed by atoms with Gasteiger partial charge >= 0.3 is 0 Å². The number of anilines is 2. The Labute approximate surface area is 180 Å². The fourth-order valence-electron chi connectivity index (χ4n) is 3.71. The monoisotopic (exact) mass is 427 g/mol. The van der Waals surface area contributed by atoms with Crippen molar-refractivity contribution in [1.82, 2.24) is 14.9 Å². The van der Waals surface area contributed by atoms with Crippen LogP contribution in [0.15, 0.2) is 30.6 Å². The fraction of sp³-hybridized carbons (Fsp3) is 0.429. The number of amides is 1. The first-order valence-corrected chi connectivity index (χ1v) is 10.0. The Bertz CT molecular complexity index is 965. The first kappa shape index (κ1) is 22.4. The van der Waals surface area contributed by atoms with E-state index in [9.17, 15) is 9.90 Å². The van der Waals surface area contributed by atoms with Gasteiger partial charge in [-0.15, -0.1) is 0 Å². The zero-order valence-electron chi connectivity index (χ0n) is 17.3. The number of aliphatic hydroxyl groups excluding tert-OH is 1. The number of aliphatic hydroxyl groups is 1. The van der Waals surface area contributed by atoms with Gasteiger partial charge in [0.2, 0.25) is 11.7 Å². The lowest BCUT2D eigenvalue weighted by atomic mass is 9.94. The van der Waals surface area contributed by atoms with Gasteiger partial charge in [-0.3, -0.25) is 9.69 Å². The van der Waals surface area contributed by atoms with Gasteiger partial charge in [0.25, 0.3) is 0 Å². The van der Waals surface area contributed by atoms with E-state index in [0.717, 1.165) is 5.56 Å². The predicted octanol–water partition coefficient (Wildman–Crippen LogP) is 0.704. The van der Waals surface area contributed by atoms with E-state index in [0.29, 0.717) is 38.2 Å². The van der Waals surface area contributed by atoms with Gasteiger partial charge in [-0.05, 0) is 30.7 Å². The van der Waals surface area contributed by atoms with Crippen molar-refractivity contribution in [3.8, 4) is 6.07 Å². The average Bonchev–Trinajstić information content (AvgIpc) is 2.73. The molecule has 0 aliphatic carbocycles. The van der Waals surface area contributed by atoms with Crippen LogP contribution >= 0.6 is 0 Å². The van der Waals surface area contributed by atoms with Gasteiger partial charge in [-0.1, -0.05) is 12.1 Å². The fourth-order valence-corrected chi connectivity index (χ4v) is 3.71. The van der Waals surface area contributed by atoms with Crippen molar-refractivity contribution in [2.45, 2.75) is 19.1 Å². The van der Waals surface area contributed by atoms with Gasteiger partial charge in [-0.2, -0.15) is 9.65 Å². The number of β-amino-alcohol motifs (C(OH)–C–C–N with tert-alkyl or cyclic N) is 1. The van der Waals surface area contributed by atoms with Crippen LogP contribution in [0.25, 0.3) is 0 Å². The Morgan fingerprint density at radius 2 is 2.29 bits per heavy atom. The second-order valence-corrected chi connectivity index (χ2v) is 7.73. The third-order valence-electron chi connectivity index (χ3n) is 5.33. The van der Waals surface area contributed by atoms with E-state index in [4.69, 9.17) is 11.0 Å². The van der Waals surface area contributed by atoms with Crippen molar-refractivity contribution in [3.63, 3.8) is 0 Å². The number of nitriles is 1. The molecule has 0 bridgehead atoms. The molecule has 31 heavy (non-hydrogen) atoms. The maximum atomic E-state index is 15.0. The molecule has 1 aliphatic rings. The molecule has 2 aromatic rings. The molecule has 1 amide bonds. The second kappa shape index (κ2) is 10.1. The zero-order valence-corrected chi connectivity index (χ0v) is 17.3. The van der Waals surface area contributed by atoms with E-state index in [-0.39, 0.29) is 24.1 Å². The summed E-state index contributed by atoms with van der Waals surface area (Å²) in [4.78, 5) is 22.6. The van der Waals surface area contributed by atoms with Crippen LogP contribution in [0.3, 0.4) is 0 Å². The molecule has 3 rings (SSSR count). The van der Waals surface area contributed by atoms with Gasteiger partial charge in [0.05, 0.1) is 24.3 Å². The molecule has 164 valence electrons. The number of nitrogens with one attached hydrogen (secondary N) is 1. The van der Waals surface area contributed by atoms with Crippen molar-refractivity contribution in [3.05, 3.63) is 47.5 Å². The summed E-state index contributed by atoms with van der Waals surface area (Å²) in [6.45, 7) is 1.81. The van der Waals surface area contributed by atoms with Crippen molar-refractivity contribution in [1.29, 1.82) is 5.26 Å². The zero-order chi connectivity index (χ0) is 22.4. The van der Waals surface area contributed by atoms with Gasteiger partial charge in [0.15, 0.2) is 11.6 Å². The van der Waals surface area contributed by atoms with Crippen LogP contribution in [0.4, 0.5) is 16.0 Å². The summed E-state index contributed by atoms with van der Waals surface area (Å²) in [6, 6.07) is 9.20. The number of piperidine rings is 1. The second-order valence-electron chi connectivity index (χ2n) is 7.73. The maximum Gasteiger partial charge on any atom is 0.231 e. The minimum absolute atomic E-state index is 0.0643. The lowest BCUT2D eigenvalue weighted by molar-refractivity contribution is -0.120. The molecular formula is C21H26FN7O2. The van der Waals surface area contributed by atoms with Crippen molar-refractivity contribution in [2.24, 2.45) is 11.7 Å². The number of likely N-dealkylation sites (tertiary alicyclic amines) is 1. The summed E-state index contributed by atoms with van der Waals surface area (Å²) >= 11 is 0. The highest BCUT2D eigenvalue weighted by Crippen LogP contribution is 2.24. The van der Waals surface area contributed by atoms with Gasteiger partial charge in [0, 0.05) is 32.6 Å². The maximum absolute atomic E-state index is 15.0.